The van der Waals surface area contributed by atoms with Crippen LogP contribution < -0.4 is 5.32 Å². The molecule has 2 aromatic rings. The van der Waals surface area contributed by atoms with Crippen LogP contribution >= 0.6 is 22.7 Å². The minimum Gasteiger partial charge on any atom is -0.304 e. The fraction of sp³-hybridized carbons (Fsp3) is 0.500. The van der Waals surface area contributed by atoms with Crippen LogP contribution in [-0.2, 0) is 6.54 Å². The topological polar surface area (TPSA) is 24.9 Å². The van der Waals surface area contributed by atoms with Gasteiger partial charge in [-0.3, -0.25) is 0 Å². The van der Waals surface area contributed by atoms with Gasteiger partial charge in [0, 0.05) is 22.3 Å². The van der Waals surface area contributed by atoms with Gasteiger partial charge in [-0.2, -0.15) is 0 Å². The van der Waals surface area contributed by atoms with Crippen LogP contribution in [-0.4, -0.2) is 4.98 Å². The first-order chi connectivity index (χ1) is 8.70. The van der Waals surface area contributed by atoms with E-state index in [4.69, 9.17) is 0 Å². The van der Waals surface area contributed by atoms with Gasteiger partial charge in [0.2, 0.25) is 0 Å². The van der Waals surface area contributed by atoms with E-state index in [1.54, 1.807) is 11.3 Å². The quantitative estimate of drug-likeness (QED) is 0.845. The number of hydrogen-bond acceptors (Lipinski definition) is 4. The van der Waals surface area contributed by atoms with Gasteiger partial charge in [-0.15, -0.1) is 22.7 Å². The molecule has 0 saturated carbocycles. The largest absolute Gasteiger partial charge is 0.304 e. The lowest BCUT2D eigenvalue weighted by molar-refractivity contribution is 0.502. The first kappa shape index (κ1) is 13.7. The van der Waals surface area contributed by atoms with Crippen molar-refractivity contribution in [2.45, 2.75) is 46.2 Å². The normalized spacial score (nSPS) is 12.8. The minimum absolute atomic E-state index is 0.483. The molecule has 18 heavy (non-hydrogen) atoms. The Morgan fingerprint density at radius 2 is 2.22 bits per heavy atom. The standard InChI is InChI=1S/C14H20N2S2/c1-4-6-12(13-7-5-8-17-13)15-9-14-10(2)16-11(3)18-14/h5,7-8,12,15H,4,6,9H2,1-3H3. The van der Waals surface area contributed by atoms with Crippen LogP contribution in [0, 0.1) is 13.8 Å². The molecular weight excluding hydrogens is 260 g/mol. The van der Waals surface area contributed by atoms with Crippen LogP contribution in [0.25, 0.3) is 0 Å². The molecule has 1 unspecified atom stereocenters. The zero-order chi connectivity index (χ0) is 13.0. The fourth-order valence-electron chi connectivity index (χ4n) is 2.08. The molecule has 0 saturated heterocycles. The Labute approximate surface area is 117 Å². The first-order valence-electron chi connectivity index (χ1n) is 6.40. The Hall–Kier alpha value is -0.710. The summed E-state index contributed by atoms with van der Waals surface area (Å²) in [5.74, 6) is 0. The maximum absolute atomic E-state index is 4.48. The molecule has 0 spiro atoms. The summed E-state index contributed by atoms with van der Waals surface area (Å²) in [6.07, 6.45) is 2.40. The van der Waals surface area contributed by atoms with E-state index in [-0.39, 0.29) is 0 Å². The number of thiophene rings is 1. The Morgan fingerprint density at radius 1 is 1.39 bits per heavy atom. The third-order valence-electron chi connectivity index (χ3n) is 2.97. The summed E-state index contributed by atoms with van der Waals surface area (Å²) < 4.78 is 0. The van der Waals surface area contributed by atoms with Crippen LogP contribution in [0.2, 0.25) is 0 Å². The SMILES string of the molecule is CCCC(NCc1sc(C)nc1C)c1cccs1. The molecule has 0 radical (unpaired) electrons. The van der Waals surface area contributed by atoms with Gasteiger partial charge < -0.3 is 5.32 Å². The van der Waals surface area contributed by atoms with Crippen LogP contribution in [0.15, 0.2) is 17.5 Å². The number of nitrogens with zero attached hydrogens (tertiary/aromatic N) is 1. The zero-order valence-electron chi connectivity index (χ0n) is 11.2. The van der Waals surface area contributed by atoms with E-state index < -0.39 is 0 Å². The van der Waals surface area contributed by atoms with Crippen molar-refractivity contribution < 1.29 is 0 Å². The molecule has 0 aromatic carbocycles. The smallest absolute Gasteiger partial charge is 0.0900 e. The van der Waals surface area contributed by atoms with Gasteiger partial charge in [0.1, 0.15) is 0 Å². The molecule has 2 heterocycles. The second-order valence-corrected chi connectivity index (χ2v) is 6.75. The molecular formula is C14H20N2S2. The molecule has 2 rings (SSSR count). The van der Waals surface area contributed by atoms with E-state index >= 15 is 0 Å². The van der Waals surface area contributed by atoms with Crippen molar-refractivity contribution in [3.05, 3.63) is 38.0 Å². The molecule has 4 heteroatoms. The van der Waals surface area contributed by atoms with Crippen LogP contribution in [0.3, 0.4) is 0 Å². The molecule has 0 aliphatic heterocycles. The Morgan fingerprint density at radius 3 is 2.78 bits per heavy atom. The highest BCUT2D eigenvalue weighted by Gasteiger charge is 2.12. The molecule has 0 amide bonds. The van der Waals surface area contributed by atoms with Crippen LogP contribution in [0.1, 0.15) is 46.3 Å². The fourth-order valence-corrected chi connectivity index (χ4v) is 3.80. The van der Waals surface area contributed by atoms with E-state index in [1.165, 1.54) is 28.3 Å². The lowest BCUT2D eigenvalue weighted by Gasteiger charge is -2.16. The van der Waals surface area contributed by atoms with Gasteiger partial charge in [-0.25, -0.2) is 4.98 Å². The van der Waals surface area contributed by atoms with E-state index in [2.05, 4.69) is 48.6 Å². The van der Waals surface area contributed by atoms with Crippen molar-refractivity contribution in [1.82, 2.24) is 10.3 Å². The third kappa shape index (κ3) is 3.40. The predicted molar refractivity (Wildman–Crippen MR) is 80.4 cm³/mol. The van der Waals surface area contributed by atoms with E-state index in [9.17, 15) is 0 Å². The van der Waals surface area contributed by atoms with Crippen molar-refractivity contribution in [2.24, 2.45) is 0 Å². The number of nitrogens with one attached hydrogen (secondary N) is 1. The number of hydrogen-bond donors (Lipinski definition) is 1. The predicted octanol–water partition coefficient (Wildman–Crippen LogP) is 4.45. The summed E-state index contributed by atoms with van der Waals surface area (Å²) in [7, 11) is 0. The summed E-state index contributed by atoms with van der Waals surface area (Å²) in [4.78, 5) is 7.29. The molecule has 0 aliphatic rings. The van der Waals surface area contributed by atoms with Gasteiger partial charge in [0.15, 0.2) is 0 Å². The lowest BCUT2D eigenvalue weighted by Crippen LogP contribution is -2.19. The molecule has 0 fully saturated rings. The number of aryl methyl sites for hydroxylation is 2. The number of thiazole rings is 1. The molecule has 2 aromatic heterocycles. The first-order valence-corrected chi connectivity index (χ1v) is 8.10. The van der Waals surface area contributed by atoms with E-state index in [0.717, 1.165) is 11.6 Å². The van der Waals surface area contributed by atoms with Gasteiger partial charge >= 0.3 is 0 Å². The Balaban J connectivity index is 2.00. The highest BCUT2D eigenvalue weighted by atomic mass is 32.1. The van der Waals surface area contributed by atoms with Crippen LogP contribution in [0.4, 0.5) is 0 Å². The molecule has 0 aliphatic carbocycles. The van der Waals surface area contributed by atoms with Crippen molar-refractivity contribution in [1.29, 1.82) is 0 Å². The summed E-state index contributed by atoms with van der Waals surface area (Å²) in [6.45, 7) is 7.34. The highest BCUT2D eigenvalue weighted by Crippen LogP contribution is 2.25. The summed E-state index contributed by atoms with van der Waals surface area (Å²) in [6, 6.07) is 4.84. The molecule has 1 N–H and O–H groups in total. The second-order valence-electron chi connectivity index (χ2n) is 4.48. The van der Waals surface area contributed by atoms with E-state index in [1.807, 2.05) is 11.3 Å². The van der Waals surface area contributed by atoms with Crippen molar-refractivity contribution in [3.8, 4) is 0 Å². The monoisotopic (exact) mass is 280 g/mol. The number of rotatable bonds is 6. The van der Waals surface area contributed by atoms with Crippen molar-refractivity contribution in [2.75, 3.05) is 0 Å². The zero-order valence-corrected chi connectivity index (χ0v) is 12.8. The molecule has 2 nitrogen and oxygen atoms in total. The summed E-state index contributed by atoms with van der Waals surface area (Å²) in [5, 5.41) is 6.99. The van der Waals surface area contributed by atoms with E-state index in [0.29, 0.717) is 6.04 Å². The van der Waals surface area contributed by atoms with Gasteiger partial charge in [0.25, 0.3) is 0 Å². The van der Waals surface area contributed by atoms with Crippen LogP contribution in [0.5, 0.6) is 0 Å². The average molecular weight is 280 g/mol. The molecule has 98 valence electrons. The van der Waals surface area contributed by atoms with Gasteiger partial charge in [-0.1, -0.05) is 19.4 Å². The van der Waals surface area contributed by atoms with Crippen molar-refractivity contribution >= 4 is 22.7 Å². The minimum atomic E-state index is 0.483. The maximum atomic E-state index is 4.48. The van der Waals surface area contributed by atoms with Gasteiger partial charge in [-0.05, 0) is 31.7 Å². The lowest BCUT2D eigenvalue weighted by atomic mass is 10.1. The molecule has 1 atom stereocenters. The Kier molecular flexibility index (Phi) is 4.92. The summed E-state index contributed by atoms with van der Waals surface area (Å²) >= 11 is 3.64. The van der Waals surface area contributed by atoms with Gasteiger partial charge in [0.05, 0.1) is 10.7 Å². The number of aromatic nitrogens is 1. The maximum Gasteiger partial charge on any atom is 0.0900 e. The molecule has 0 bridgehead atoms. The second kappa shape index (κ2) is 6.45. The average Bonchev–Trinajstić information content (AvgIpc) is 2.95. The summed E-state index contributed by atoms with van der Waals surface area (Å²) in [5.41, 5.74) is 1.17. The van der Waals surface area contributed by atoms with Crippen molar-refractivity contribution in [3.63, 3.8) is 0 Å². The Bertz CT molecular complexity index is 474. The third-order valence-corrected chi connectivity index (χ3v) is 5.03. The highest BCUT2D eigenvalue weighted by molar-refractivity contribution is 7.11.